The van der Waals surface area contributed by atoms with E-state index in [1.807, 2.05) is 25.2 Å². The van der Waals surface area contributed by atoms with Crippen molar-refractivity contribution in [2.75, 3.05) is 7.05 Å². The number of aryl methyl sites for hydroxylation is 1. The van der Waals surface area contributed by atoms with Crippen molar-refractivity contribution in [2.45, 2.75) is 39.7 Å². The monoisotopic (exact) mass is 285 g/mol. The van der Waals surface area contributed by atoms with Crippen molar-refractivity contribution in [3.63, 3.8) is 0 Å². The highest BCUT2D eigenvalue weighted by Crippen LogP contribution is 2.34. The maximum absolute atomic E-state index is 5.96. The molecule has 0 amide bonds. The molecular formula is C17H23N3O. The fraction of sp³-hybridized carbons (Fsp3) is 0.412. The van der Waals surface area contributed by atoms with E-state index in [-0.39, 0.29) is 5.41 Å². The fourth-order valence-electron chi connectivity index (χ4n) is 2.12. The van der Waals surface area contributed by atoms with E-state index in [0.29, 0.717) is 12.4 Å². The number of nitrogens with zero attached hydrogens (tertiary/aromatic N) is 2. The highest BCUT2D eigenvalue weighted by Gasteiger charge is 2.19. The quantitative estimate of drug-likeness (QED) is 0.932. The van der Waals surface area contributed by atoms with Gasteiger partial charge in [-0.15, -0.1) is 5.10 Å². The Morgan fingerprint density at radius 1 is 1.10 bits per heavy atom. The molecule has 1 aromatic heterocycles. The van der Waals surface area contributed by atoms with E-state index in [9.17, 15) is 0 Å². The van der Waals surface area contributed by atoms with Crippen molar-refractivity contribution in [1.29, 1.82) is 0 Å². The summed E-state index contributed by atoms with van der Waals surface area (Å²) in [6.45, 7) is 9.27. The Morgan fingerprint density at radius 3 is 2.43 bits per heavy atom. The van der Waals surface area contributed by atoms with Gasteiger partial charge in [0.2, 0.25) is 5.88 Å². The summed E-state index contributed by atoms with van der Waals surface area (Å²) in [7, 11) is 1.88. The molecule has 2 aromatic rings. The zero-order chi connectivity index (χ0) is 15.5. The molecule has 0 fully saturated rings. The average molecular weight is 285 g/mol. The van der Waals surface area contributed by atoms with Crippen LogP contribution in [0.25, 0.3) is 0 Å². The zero-order valence-corrected chi connectivity index (χ0v) is 13.4. The number of hydrogen-bond acceptors (Lipinski definition) is 4. The smallest absolute Gasteiger partial charge is 0.238 e. The lowest BCUT2D eigenvalue weighted by Gasteiger charge is -2.22. The molecule has 1 N–H and O–H groups in total. The third kappa shape index (κ3) is 4.02. The predicted octanol–water partition coefficient (Wildman–Crippen LogP) is 3.59. The molecule has 0 unspecified atom stereocenters. The fourth-order valence-corrected chi connectivity index (χ4v) is 2.12. The number of benzene rings is 1. The van der Waals surface area contributed by atoms with Crippen LogP contribution in [0.1, 0.15) is 37.6 Å². The molecule has 0 aliphatic heterocycles. The molecule has 4 heteroatoms. The van der Waals surface area contributed by atoms with E-state index in [0.717, 1.165) is 22.6 Å². The molecule has 0 bridgehead atoms. The van der Waals surface area contributed by atoms with Crippen LogP contribution in [-0.4, -0.2) is 17.2 Å². The van der Waals surface area contributed by atoms with Crippen molar-refractivity contribution in [3.8, 4) is 11.6 Å². The Balaban J connectivity index is 2.28. The highest BCUT2D eigenvalue weighted by molar-refractivity contribution is 5.43. The number of hydrogen-bond donors (Lipinski definition) is 1. The predicted molar refractivity (Wildman–Crippen MR) is 84.7 cm³/mol. The van der Waals surface area contributed by atoms with Gasteiger partial charge in [0.1, 0.15) is 5.75 Å². The number of ether oxygens (including phenoxy) is 1. The molecule has 1 aromatic carbocycles. The first kappa shape index (κ1) is 15.4. The standard InChI is InChI=1S/C17H23N3O/c1-12-6-8-14(17(2,3)4)15(10-12)21-16-9-7-13(11-18-5)19-20-16/h6-10,18H,11H2,1-5H3. The molecule has 0 spiro atoms. The Morgan fingerprint density at radius 2 is 1.86 bits per heavy atom. The summed E-state index contributed by atoms with van der Waals surface area (Å²) in [6.07, 6.45) is 0. The summed E-state index contributed by atoms with van der Waals surface area (Å²) in [5, 5.41) is 11.3. The summed E-state index contributed by atoms with van der Waals surface area (Å²) in [4.78, 5) is 0. The summed E-state index contributed by atoms with van der Waals surface area (Å²) < 4.78 is 5.96. The molecule has 0 saturated heterocycles. The van der Waals surface area contributed by atoms with Gasteiger partial charge in [0.15, 0.2) is 0 Å². The summed E-state index contributed by atoms with van der Waals surface area (Å²) >= 11 is 0. The lowest BCUT2D eigenvalue weighted by molar-refractivity contribution is 0.432. The molecule has 21 heavy (non-hydrogen) atoms. The maximum atomic E-state index is 5.96. The van der Waals surface area contributed by atoms with E-state index in [2.05, 4.69) is 55.3 Å². The second kappa shape index (κ2) is 6.22. The topological polar surface area (TPSA) is 47.0 Å². The van der Waals surface area contributed by atoms with Gasteiger partial charge in [-0.05, 0) is 37.1 Å². The average Bonchev–Trinajstić information content (AvgIpc) is 2.40. The first-order chi connectivity index (χ1) is 9.90. The SMILES string of the molecule is CNCc1ccc(Oc2cc(C)ccc2C(C)(C)C)nn1. The third-order valence-corrected chi connectivity index (χ3v) is 3.21. The molecule has 0 aliphatic rings. The summed E-state index contributed by atoms with van der Waals surface area (Å²) in [5.74, 6) is 1.36. The number of rotatable bonds is 4. The first-order valence-corrected chi connectivity index (χ1v) is 7.16. The van der Waals surface area contributed by atoms with Crippen LogP contribution >= 0.6 is 0 Å². The Hall–Kier alpha value is -1.94. The molecule has 0 aliphatic carbocycles. The third-order valence-electron chi connectivity index (χ3n) is 3.21. The molecule has 0 saturated carbocycles. The van der Waals surface area contributed by atoms with Gasteiger partial charge in [-0.3, -0.25) is 0 Å². The van der Waals surface area contributed by atoms with Crippen molar-refractivity contribution in [1.82, 2.24) is 15.5 Å². The minimum atomic E-state index is 0.0164. The van der Waals surface area contributed by atoms with Gasteiger partial charge in [-0.2, -0.15) is 5.10 Å². The van der Waals surface area contributed by atoms with Crippen LogP contribution in [0.4, 0.5) is 0 Å². The molecule has 1 heterocycles. The van der Waals surface area contributed by atoms with Crippen LogP contribution < -0.4 is 10.1 Å². The van der Waals surface area contributed by atoms with Crippen LogP contribution in [0.5, 0.6) is 11.6 Å². The molecular weight excluding hydrogens is 262 g/mol. The van der Waals surface area contributed by atoms with Crippen molar-refractivity contribution in [2.24, 2.45) is 0 Å². The molecule has 0 radical (unpaired) electrons. The van der Waals surface area contributed by atoms with Crippen molar-refractivity contribution in [3.05, 3.63) is 47.2 Å². The van der Waals surface area contributed by atoms with Gasteiger partial charge in [-0.25, -0.2) is 0 Å². The molecule has 0 atom stereocenters. The van der Waals surface area contributed by atoms with Gasteiger partial charge >= 0.3 is 0 Å². The van der Waals surface area contributed by atoms with Crippen molar-refractivity contribution >= 4 is 0 Å². The van der Waals surface area contributed by atoms with Gasteiger partial charge in [-0.1, -0.05) is 32.9 Å². The lowest BCUT2D eigenvalue weighted by Crippen LogP contribution is -2.13. The van der Waals surface area contributed by atoms with Crippen LogP contribution in [0, 0.1) is 6.92 Å². The minimum Gasteiger partial charge on any atom is -0.437 e. The van der Waals surface area contributed by atoms with E-state index in [1.54, 1.807) is 0 Å². The number of aromatic nitrogens is 2. The van der Waals surface area contributed by atoms with Gasteiger partial charge in [0.25, 0.3) is 0 Å². The first-order valence-electron chi connectivity index (χ1n) is 7.16. The Kier molecular flexibility index (Phi) is 4.58. The van der Waals surface area contributed by atoms with E-state index in [1.165, 1.54) is 0 Å². The normalized spacial score (nSPS) is 11.5. The van der Waals surface area contributed by atoms with Gasteiger partial charge in [0.05, 0.1) is 5.69 Å². The largest absolute Gasteiger partial charge is 0.437 e. The molecule has 2 rings (SSSR count). The van der Waals surface area contributed by atoms with Crippen LogP contribution in [-0.2, 0) is 12.0 Å². The highest BCUT2D eigenvalue weighted by atomic mass is 16.5. The number of nitrogens with one attached hydrogen (secondary N) is 1. The molecule has 112 valence electrons. The maximum Gasteiger partial charge on any atom is 0.238 e. The van der Waals surface area contributed by atoms with Crippen molar-refractivity contribution < 1.29 is 4.74 Å². The second-order valence-electron chi connectivity index (χ2n) is 6.24. The summed E-state index contributed by atoms with van der Waals surface area (Å²) in [6, 6.07) is 10.0. The Labute approximate surface area is 126 Å². The second-order valence-corrected chi connectivity index (χ2v) is 6.24. The molecule has 4 nitrogen and oxygen atoms in total. The lowest BCUT2D eigenvalue weighted by atomic mass is 9.86. The van der Waals surface area contributed by atoms with E-state index in [4.69, 9.17) is 4.74 Å². The van der Waals surface area contributed by atoms with Gasteiger partial charge < -0.3 is 10.1 Å². The van der Waals surface area contributed by atoms with Gasteiger partial charge in [0, 0.05) is 18.2 Å². The van der Waals surface area contributed by atoms with E-state index < -0.39 is 0 Å². The zero-order valence-electron chi connectivity index (χ0n) is 13.4. The minimum absolute atomic E-state index is 0.0164. The van der Waals surface area contributed by atoms with Crippen LogP contribution in [0.2, 0.25) is 0 Å². The Bertz CT molecular complexity index is 600. The van der Waals surface area contributed by atoms with Crippen LogP contribution in [0.3, 0.4) is 0 Å². The van der Waals surface area contributed by atoms with E-state index >= 15 is 0 Å². The van der Waals surface area contributed by atoms with Crippen LogP contribution in [0.15, 0.2) is 30.3 Å². The summed E-state index contributed by atoms with van der Waals surface area (Å²) in [5.41, 5.74) is 3.24.